The highest BCUT2D eigenvalue weighted by atomic mass is 32.2. The van der Waals surface area contributed by atoms with Gasteiger partial charge in [0.15, 0.2) is 0 Å². The number of carbonyl (C=O) groups excluding carboxylic acids is 1. The first-order valence-electron chi connectivity index (χ1n) is 5.22. The Morgan fingerprint density at radius 2 is 2.42 bits per heavy atom. The maximum absolute atomic E-state index is 11.9. The van der Waals surface area contributed by atoms with Gasteiger partial charge in [-0.2, -0.15) is 0 Å². The Hall–Kier alpha value is -2.29. The normalized spacial score (nSPS) is 23.1. The van der Waals surface area contributed by atoms with E-state index in [-0.39, 0.29) is 17.0 Å². The Labute approximate surface area is 111 Å². The summed E-state index contributed by atoms with van der Waals surface area (Å²) in [5.74, 6) is -1.43. The van der Waals surface area contributed by atoms with Crippen LogP contribution >= 0.6 is 11.8 Å². The van der Waals surface area contributed by atoms with Gasteiger partial charge < -0.3 is 9.94 Å². The summed E-state index contributed by atoms with van der Waals surface area (Å²) in [5.41, 5.74) is 0.993. The number of aliphatic carboxylic acids is 1. The molecule has 1 aromatic rings. The van der Waals surface area contributed by atoms with Gasteiger partial charge in [-0.3, -0.25) is 9.69 Å². The van der Waals surface area contributed by atoms with Crippen molar-refractivity contribution in [3.63, 3.8) is 0 Å². The lowest BCUT2D eigenvalue weighted by Crippen LogP contribution is -2.51. The van der Waals surface area contributed by atoms with Gasteiger partial charge in [0.2, 0.25) is 0 Å². The molecule has 8 nitrogen and oxygen atoms in total. The zero-order valence-corrected chi connectivity index (χ0v) is 10.5. The number of carboxylic acids is 1. The first-order valence-corrected chi connectivity index (χ1v) is 6.17. The zero-order chi connectivity index (χ0) is 13.6. The number of aromatic nitrogens is 3. The second-order valence-corrected chi connectivity index (χ2v) is 4.75. The van der Waals surface area contributed by atoms with Crippen LogP contribution in [0.1, 0.15) is 5.69 Å². The van der Waals surface area contributed by atoms with E-state index in [0.29, 0.717) is 11.3 Å². The second-order valence-electron chi connectivity index (χ2n) is 3.80. The number of fused-ring (bicyclic) bond motifs is 1. The third-order valence-electron chi connectivity index (χ3n) is 2.74. The van der Waals surface area contributed by atoms with Crippen LogP contribution in [0.15, 0.2) is 22.9 Å². The summed E-state index contributed by atoms with van der Waals surface area (Å²) in [6.07, 6.45) is 3.10. The van der Waals surface area contributed by atoms with Crippen molar-refractivity contribution in [2.24, 2.45) is 0 Å². The van der Waals surface area contributed by atoms with E-state index in [0.717, 1.165) is 4.85 Å². The molecule has 0 radical (unpaired) electrons. The van der Waals surface area contributed by atoms with E-state index in [2.05, 4.69) is 10.3 Å². The molecule has 1 N–H and O–H groups in total. The van der Waals surface area contributed by atoms with Crippen molar-refractivity contribution in [3.05, 3.63) is 28.6 Å². The molecule has 0 saturated carbocycles. The molecule has 19 heavy (non-hydrogen) atoms. The third-order valence-corrected chi connectivity index (χ3v) is 3.82. The van der Waals surface area contributed by atoms with Gasteiger partial charge in [-0.25, -0.2) is 4.79 Å². The van der Waals surface area contributed by atoms with E-state index in [1.54, 1.807) is 6.08 Å². The quantitative estimate of drug-likeness (QED) is 0.592. The summed E-state index contributed by atoms with van der Waals surface area (Å²) >= 11 is 1.28. The van der Waals surface area contributed by atoms with Crippen LogP contribution < -0.4 is 4.84 Å². The summed E-state index contributed by atoms with van der Waals surface area (Å²) in [5, 5.41) is 17.6. The van der Waals surface area contributed by atoms with E-state index in [1.165, 1.54) is 35.4 Å². The molecule has 1 saturated heterocycles. The minimum absolute atomic E-state index is 0.0118. The number of rotatable bonds is 3. The van der Waals surface area contributed by atoms with Crippen LogP contribution in [0.2, 0.25) is 0 Å². The number of hydrogen-bond donors (Lipinski definition) is 1. The van der Waals surface area contributed by atoms with Crippen LogP contribution in [0.25, 0.3) is 6.08 Å². The molecule has 3 rings (SSSR count). The highest BCUT2D eigenvalue weighted by Gasteiger charge is 2.49. The molecule has 2 aliphatic rings. The predicted molar refractivity (Wildman–Crippen MR) is 64.4 cm³/mol. The highest BCUT2D eigenvalue weighted by Crippen LogP contribution is 2.44. The number of carboxylic acid groups (broad SMARTS) is 1. The van der Waals surface area contributed by atoms with Gasteiger partial charge in [-0.1, -0.05) is 4.85 Å². The van der Waals surface area contributed by atoms with Crippen molar-refractivity contribution in [2.45, 2.75) is 5.37 Å². The summed E-state index contributed by atoms with van der Waals surface area (Å²) in [6.45, 7) is 0. The fourth-order valence-electron chi connectivity index (χ4n) is 1.84. The van der Waals surface area contributed by atoms with E-state index < -0.39 is 5.97 Å². The molecular formula is C10H8N4O4S. The largest absolute Gasteiger partial charge is 0.477 e. The molecule has 0 bridgehead atoms. The molecule has 0 aliphatic carbocycles. The van der Waals surface area contributed by atoms with Crippen LogP contribution in [0.3, 0.4) is 0 Å². The van der Waals surface area contributed by atoms with Crippen LogP contribution in [-0.4, -0.2) is 49.5 Å². The monoisotopic (exact) mass is 280 g/mol. The summed E-state index contributed by atoms with van der Waals surface area (Å²) in [7, 11) is 1.44. The SMILES string of the molecule is COn1cc(/C=C2\C(=O)N3C(C(=O)O)=CS[C@H]23)nn1. The predicted octanol–water partition coefficient (Wildman–Crippen LogP) is -0.439. The summed E-state index contributed by atoms with van der Waals surface area (Å²) < 4.78 is 0. The van der Waals surface area contributed by atoms with Gasteiger partial charge in [-0.15, -0.1) is 16.9 Å². The van der Waals surface area contributed by atoms with Crippen molar-refractivity contribution in [1.82, 2.24) is 20.1 Å². The molecule has 0 spiro atoms. The standard InChI is InChI=1S/C10H8N4O4S/c1-18-13-3-5(11-12-13)2-6-8(15)14-7(10(16)17)4-19-9(6)14/h2-4,9H,1H3,(H,16,17)/b6-2+/t9-/m1/s1. The van der Waals surface area contributed by atoms with Crippen molar-refractivity contribution in [3.8, 4) is 0 Å². The number of β-lactam (4-membered cyclic amide) rings is 1. The van der Waals surface area contributed by atoms with Crippen LogP contribution in [0, 0.1) is 0 Å². The molecule has 98 valence electrons. The molecule has 9 heteroatoms. The lowest BCUT2D eigenvalue weighted by atomic mass is 10.0. The fourth-order valence-corrected chi connectivity index (χ4v) is 2.96. The Morgan fingerprint density at radius 1 is 1.63 bits per heavy atom. The molecule has 0 aromatic carbocycles. The van der Waals surface area contributed by atoms with Gasteiger partial charge >= 0.3 is 5.97 Å². The van der Waals surface area contributed by atoms with E-state index in [9.17, 15) is 9.59 Å². The van der Waals surface area contributed by atoms with Crippen LogP contribution in [0.4, 0.5) is 0 Å². The lowest BCUT2D eigenvalue weighted by Gasteiger charge is -2.36. The Morgan fingerprint density at radius 3 is 3.05 bits per heavy atom. The molecule has 2 aliphatic heterocycles. The zero-order valence-electron chi connectivity index (χ0n) is 9.68. The molecule has 0 unspecified atom stereocenters. The van der Waals surface area contributed by atoms with Gasteiger partial charge in [0, 0.05) is 5.41 Å². The molecule has 1 aromatic heterocycles. The van der Waals surface area contributed by atoms with Gasteiger partial charge in [-0.05, 0) is 11.3 Å². The van der Waals surface area contributed by atoms with Crippen molar-refractivity contribution in [2.75, 3.05) is 7.11 Å². The summed E-state index contributed by atoms with van der Waals surface area (Å²) in [6, 6.07) is 0. The molecule has 3 heterocycles. The minimum atomic E-state index is -1.10. The minimum Gasteiger partial charge on any atom is -0.477 e. The first kappa shape index (κ1) is 11.8. The van der Waals surface area contributed by atoms with Crippen molar-refractivity contribution >= 4 is 29.7 Å². The average molecular weight is 280 g/mol. The Bertz CT molecular complexity index is 635. The van der Waals surface area contributed by atoms with Crippen LogP contribution in [0.5, 0.6) is 0 Å². The van der Waals surface area contributed by atoms with Crippen molar-refractivity contribution in [1.29, 1.82) is 0 Å². The summed E-state index contributed by atoms with van der Waals surface area (Å²) in [4.78, 5) is 30.0. The fraction of sp³-hybridized carbons (Fsp3) is 0.200. The second kappa shape index (κ2) is 4.12. The topological polar surface area (TPSA) is 97.5 Å². The maximum Gasteiger partial charge on any atom is 0.353 e. The molecule has 1 fully saturated rings. The number of hydrogen-bond acceptors (Lipinski definition) is 6. The average Bonchev–Trinajstić information content (AvgIpc) is 3.00. The van der Waals surface area contributed by atoms with Crippen molar-refractivity contribution < 1.29 is 19.5 Å². The van der Waals surface area contributed by atoms with Gasteiger partial charge in [0.05, 0.1) is 11.8 Å². The molecular weight excluding hydrogens is 272 g/mol. The number of amides is 1. The molecule has 1 atom stereocenters. The third kappa shape index (κ3) is 1.70. The smallest absolute Gasteiger partial charge is 0.353 e. The van der Waals surface area contributed by atoms with E-state index in [4.69, 9.17) is 9.94 Å². The first-order chi connectivity index (χ1) is 9.11. The highest BCUT2D eigenvalue weighted by molar-refractivity contribution is 8.03. The maximum atomic E-state index is 11.9. The van der Waals surface area contributed by atoms with E-state index >= 15 is 0 Å². The number of thioether (sulfide) groups is 1. The van der Waals surface area contributed by atoms with E-state index in [1.807, 2.05) is 0 Å². The van der Waals surface area contributed by atoms with Crippen LogP contribution in [-0.2, 0) is 9.59 Å². The Balaban J connectivity index is 1.83. The lowest BCUT2D eigenvalue weighted by molar-refractivity contribution is -0.141. The van der Waals surface area contributed by atoms with Gasteiger partial charge in [0.1, 0.15) is 23.9 Å². The Kier molecular flexibility index (Phi) is 2.56. The number of nitrogens with zero attached hydrogens (tertiary/aromatic N) is 4. The van der Waals surface area contributed by atoms with Gasteiger partial charge in [0.25, 0.3) is 5.91 Å². The number of carbonyl (C=O) groups is 2. The molecule has 1 amide bonds.